The van der Waals surface area contributed by atoms with E-state index in [4.69, 9.17) is 5.73 Å². The van der Waals surface area contributed by atoms with Gasteiger partial charge >= 0.3 is 0 Å². The van der Waals surface area contributed by atoms with Crippen LogP contribution in [0.1, 0.15) is 19.3 Å². The molecule has 0 saturated carbocycles. The maximum atomic E-state index is 12.3. The minimum atomic E-state index is -3.58. The molecule has 3 N–H and O–H groups in total. The van der Waals surface area contributed by atoms with Crippen LogP contribution < -0.4 is 10.5 Å². The average molecular weight is 285 g/mol. The van der Waals surface area contributed by atoms with Gasteiger partial charge in [-0.1, -0.05) is 0 Å². The first kappa shape index (κ1) is 12.9. The van der Waals surface area contributed by atoms with Crippen molar-refractivity contribution in [2.75, 3.05) is 18.8 Å². The van der Waals surface area contributed by atoms with Crippen LogP contribution in [0.25, 0.3) is 0 Å². The largest absolute Gasteiger partial charge is 0.381 e. The number of aromatic nitrogens is 2. The molecule has 2 fully saturated rings. The second-order valence-corrected chi connectivity index (χ2v) is 7.00. The Labute approximate surface area is 112 Å². The third-order valence-corrected chi connectivity index (χ3v) is 5.53. The summed E-state index contributed by atoms with van der Waals surface area (Å²) in [5.41, 5.74) is 5.65. The van der Waals surface area contributed by atoms with E-state index >= 15 is 0 Å². The van der Waals surface area contributed by atoms with Crippen LogP contribution >= 0.6 is 0 Å². The lowest BCUT2D eigenvalue weighted by Gasteiger charge is -2.20. The predicted octanol–water partition coefficient (Wildman–Crippen LogP) is -0.483. The first-order valence-corrected chi connectivity index (χ1v) is 8.01. The Hall–Kier alpha value is -1.12. The molecule has 1 aromatic rings. The Balaban J connectivity index is 1.80. The molecule has 2 aliphatic rings. The number of aryl methyl sites for hydroxylation is 1. The van der Waals surface area contributed by atoms with Crippen molar-refractivity contribution in [3.8, 4) is 0 Å². The molecular weight excluding hydrogens is 266 g/mol. The zero-order valence-electron chi connectivity index (χ0n) is 10.9. The van der Waals surface area contributed by atoms with E-state index in [0.29, 0.717) is 6.04 Å². The van der Waals surface area contributed by atoms with E-state index in [1.807, 2.05) is 0 Å². The number of nitrogen functional groups attached to an aromatic ring is 1. The predicted molar refractivity (Wildman–Crippen MR) is 70.9 cm³/mol. The van der Waals surface area contributed by atoms with E-state index in [1.165, 1.54) is 10.9 Å². The molecule has 3 rings (SSSR count). The summed E-state index contributed by atoms with van der Waals surface area (Å²) in [7, 11) is -1.92. The van der Waals surface area contributed by atoms with Gasteiger partial charge in [-0.25, -0.2) is 13.1 Å². The quantitative estimate of drug-likeness (QED) is 0.782. The molecule has 0 radical (unpaired) electrons. The van der Waals surface area contributed by atoms with Crippen LogP contribution in [0.2, 0.25) is 0 Å². The lowest BCUT2D eigenvalue weighted by atomic mass is 10.1. The number of nitrogens with zero attached hydrogens (tertiary/aromatic N) is 3. The maximum Gasteiger partial charge on any atom is 0.246 e. The molecule has 1 aromatic heterocycles. The summed E-state index contributed by atoms with van der Waals surface area (Å²) < 4.78 is 28.9. The van der Waals surface area contributed by atoms with Gasteiger partial charge < -0.3 is 5.73 Å². The van der Waals surface area contributed by atoms with Crippen LogP contribution in [-0.4, -0.2) is 48.3 Å². The van der Waals surface area contributed by atoms with Crippen molar-refractivity contribution in [3.63, 3.8) is 0 Å². The summed E-state index contributed by atoms with van der Waals surface area (Å²) in [6, 6.07) is 0.333. The highest BCUT2D eigenvalue weighted by Crippen LogP contribution is 2.29. The van der Waals surface area contributed by atoms with Crippen molar-refractivity contribution < 1.29 is 8.42 Å². The molecule has 106 valence electrons. The average Bonchev–Trinajstić information content (AvgIpc) is 2.97. The van der Waals surface area contributed by atoms with Crippen molar-refractivity contribution in [2.45, 2.75) is 36.2 Å². The first-order valence-electron chi connectivity index (χ1n) is 6.53. The molecule has 2 atom stereocenters. The molecule has 0 spiro atoms. The molecule has 3 heterocycles. The van der Waals surface area contributed by atoms with Crippen LogP contribution in [-0.2, 0) is 17.1 Å². The zero-order chi connectivity index (χ0) is 13.6. The van der Waals surface area contributed by atoms with Gasteiger partial charge in [0.15, 0.2) is 5.82 Å². The van der Waals surface area contributed by atoms with Gasteiger partial charge in [-0.15, -0.1) is 0 Å². The van der Waals surface area contributed by atoms with Crippen molar-refractivity contribution >= 4 is 15.8 Å². The maximum absolute atomic E-state index is 12.3. The van der Waals surface area contributed by atoms with Crippen LogP contribution in [0.15, 0.2) is 11.1 Å². The van der Waals surface area contributed by atoms with E-state index in [0.717, 1.165) is 32.4 Å². The number of fused-ring (bicyclic) bond motifs is 1. The lowest BCUT2D eigenvalue weighted by Crippen LogP contribution is -2.42. The number of hydrogen-bond donors (Lipinski definition) is 2. The van der Waals surface area contributed by atoms with E-state index < -0.39 is 10.0 Å². The lowest BCUT2D eigenvalue weighted by molar-refractivity contribution is 0.309. The summed E-state index contributed by atoms with van der Waals surface area (Å²) in [5, 5.41) is 3.88. The summed E-state index contributed by atoms with van der Waals surface area (Å²) >= 11 is 0. The van der Waals surface area contributed by atoms with Gasteiger partial charge in [-0.05, 0) is 25.8 Å². The number of sulfonamides is 1. The Kier molecular flexibility index (Phi) is 3.03. The van der Waals surface area contributed by atoms with Crippen molar-refractivity contribution in [1.29, 1.82) is 0 Å². The van der Waals surface area contributed by atoms with Gasteiger partial charge in [0.2, 0.25) is 10.0 Å². The molecule has 2 unspecified atom stereocenters. The number of nitrogens with two attached hydrogens (primary N) is 1. The highest BCUT2D eigenvalue weighted by molar-refractivity contribution is 7.89. The number of rotatable bonds is 3. The minimum absolute atomic E-state index is 0.00731. The molecule has 7 nitrogen and oxygen atoms in total. The Morgan fingerprint density at radius 3 is 2.89 bits per heavy atom. The van der Waals surface area contributed by atoms with Crippen molar-refractivity contribution in [3.05, 3.63) is 6.20 Å². The molecule has 2 aliphatic heterocycles. The van der Waals surface area contributed by atoms with Gasteiger partial charge in [-0.2, -0.15) is 5.10 Å². The van der Waals surface area contributed by atoms with Gasteiger partial charge in [0, 0.05) is 31.9 Å². The van der Waals surface area contributed by atoms with Gasteiger partial charge in [0.05, 0.1) is 0 Å². The SMILES string of the molecule is Cn1cc(S(=O)(=O)NC2CCN3CCCC23)c(N)n1. The highest BCUT2D eigenvalue weighted by Gasteiger charge is 2.39. The number of anilines is 1. The second kappa shape index (κ2) is 4.46. The van der Waals surface area contributed by atoms with E-state index in [1.54, 1.807) is 7.05 Å². The topological polar surface area (TPSA) is 93.2 Å². The van der Waals surface area contributed by atoms with Crippen LogP contribution in [0.5, 0.6) is 0 Å². The normalized spacial score (nSPS) is 27.8. The monoisotopic (exact) mass is 285 g/mol. The number of nitrogens with one attached hydrogen (secondary N) is 1. The van der Waals surface area contributed by atoms with Crippen molar-refractivity contribution in [2.24, 2.45) is 7.05 Å². The second-order valence-electron chi connectivity index (χ2n) is 5.31. The van der Waals surface area contributed by atoms with E-state index in [2.05, 4.69) is 14.7 Å². The van der Waals surface area contributed by atoms with E-state index in [-0.39, 0.29) is 16.8 Å². The fourth-order valence-electron chi connectivity index (χ4n) is 3.17. The summed E-state index contributed by atoms with van der Waals surface area (Å²) in [6.45, 7) is 2.05. The Bertz CT molecular complexity index is 582. The summed E-state index contributed by atoms with van der Waals surface area (Å²) in [5.74, 6) is 0.0521. The summed E-state index contributed by atoms with van der Waals surface area (Å²) in [6.07, 6.45) is 4.52. The standard InChI is InChI=1S/C11H19N5O2S/c1-15-7-10(11(12)13-15)19(17,18)14-8-4-6-16-5-2-3-9(8)16/h7-9,14H,2-6H2,1H3,(H2,12,13). The third kappa shape index (κ3) is 2.24. The molecule has 19 heavy (non-hydrogen) atoms. The van der Waals surface area contributed by atoms with E-state index in [9.17, 15) is 8.42 Å². The Morgan fingerprint density at radius 2 is 2.21 bits per heavy atom. The fourth-order valence-corrected chi connectivity index (χ4v) is 4.58. The molecule has 8 heteroatoms. The Morgan fingerprint density at radius 1 is 1.42 bits per heavy atom. The van der Waals surface area contributed by atoms with Gasteiger partial charge in [0.25, 0.3) is 0 Å². The van der Waals surface area contributed by atoms with Crippen molar-refractivity contribution in [1.82, 2.24) is 19.4 Å². The van der Waals surface area contributed by atoms with Crippen LogP contribution in [0.3, 0.4) is 0 Å². The minimum Gasteiger partial charge on any atom is -0.381 e. The molecule has 0 aromatic carbocycles. The molecule has 0 amide bonds. The van der Waals surface area contributed by atoms with Gasteiger partial charge in [-0.3, -0.25) is 9.58 Å². The summed E-state index contributed by atoms with van der Waals surface area (Å²) in [4.78, 5) is 2.44. The van der Waals surface area contributed by atoms with Crippen LogP contribution in [0.4, 0.5) is 5.82 Å². The zero-order valence-corrected chi connectivity index (χ0v) is 11.7. The number of hydrogen-bond acceptors (Lipinski definition) is 5. The highest BCUT2D eigenvalue weighted by atomic mass is 32.2. The third-order valence-electron chi connectivity index (χ3n) is 4.02. The fraction of sp³-hybridized carbons (Fsp3) is 0.727. The molecule has 0 bridgehead atoms. The smallest absolute Gasteiger partial charge is 0.246 e. The molecule has 2 saturated heterocycles. The van der Waals surface area contributed by atoms with Crippen LogP contribution in [0, 0.1) is 0 Å². The molecule has 0 aliphatic carbocycles. The van der Waals surface area contributed by atoms with Gasteiger partial charge in [0.1, 0.15) is 4.90 Å². The first-order chi connectivity index (χ1) is 8.97. The molecular formula is C11H19N5O2S.